The standard InChI is InChI=1S/C30H28ClN5O2/c1-19(2)23-10-6-7-11-24(23)36-30(37)35-22-14-12-20(13-15-22)16-17-32-28-25-26(31)27(21-8-4-3-5-9-21)38-29(25)34-18-33-28/h3-15,18-19H,16-17H2,1-2H3,(H,32,33,34)(H2,35,36,37). The van der Waals surface area contributed by atoms with Gasteiger partial charge in [-0.3, -0.25) is 0 Å². The van der Waals surface area contributed by atoms with Crippen LogP contribution in [0.15, 0.2) is 89.6 Å². The molecular formula is C30H28ClN5O2. The number of hydrogen-bond acceptors (Lipinski definition) is 5. The van der Waals surface area contributed by atoms with E-state index >= 15 is 0 Å². The van der Waals surface area contributed by atoms with E-state index in [0.29, 0.717) is 40.2 Å². The second kappa shape index (κ2) is 11.4. The molecule has 38 heavy (non-hydrogen) atoms. The van der Waals surface area contributed by atoms with Gasteiger partial charge in [-0.05, 0) is 41.7 Å². The molecule has 0 saturated carbocycles. The predicted octanol–water partition coefficient (Wildman–Crippen LogP) is 7.97. The highest BCUT2D eigenvalue weighted by Gasteiger charge is 2.19. The Hall–Kier alpha value is -4.36. The van der Waals surface area contributed by atoms with E-state index in [-0.39, 0.29) is 6.03 Å². The number of carbonyl (C=O) groups is 1. The van der Waals surface area contributed by atoms with Gasteiger partial charge in [0.05, 0.1) is 0 Å². The van der Waals surface area contributed by atoms with Crippen molar-refractivity contribution in [2.24, 2.45) is 0 Å². The molecule has 0 unspecified atom stereocenters. The molecule has 0 fully saturated rings. The number of halogens is 1. The van der Waals surface area contributed by atoms with Crippen molar-refractivity contribution in [3.05, 3.63) is 101 Å². The molecule has 5 aromatic rings. The molecule has 0 aliphatic heterocycles. The molecule has 0 saturated heterocycles. The van der Waals surface area contributed by atoms with Crippen LogP contribution in [0.2, 0.25) is 5.02 Å². The lowest BCUT2D eigenvalue weighted by Gasteiger charge is -2.14. The van der Waals surface area contributed by atoms with Gasteiger partial charge in [0.25, 0.3) is 0 Å². The first-order valence-electron chi connectivity index (χ1n) is 12.5. The number of para-hydroxylation sites is 1. The number of carbonyl (C=O) groups excluding carboxylic acids is 1. The summed E-state index contributed by atoms with van der Waals surface area (Å²) in [4.78, 5) is 21.2. The fourth-order valence-corrected chi connectivity index (χ4v) is 4.61. The number of furan rings is 1. The van der Waals surface area contributed by atoms with Gasteiger partial charge in [-0.25, -0.2) is 14.8 Å². The van der Waals surface area contributed by atoms with Crippen LogP contribution in [-0.2, 0) is 6.42 Å². The molecule has 2 heterocycles. The van der Waals surface area contributed by atoms with Crippen molar-refractivity contribution in [1.29, 1.82) is 0 Å². The predicted molar refractivity (Wildman–Crippen MR) is 154 cm³/mol. The van der Waals surface area contributed by atoms with Gasteiger partial charge in [-0.15, -0.1) is 0 Å². The number of aromatic nitrogens is 2. The first-order valence-corrected chi connectivity index (χ1v) is 12.9. The number of nitrogens with one attached hydrogen (secondary N) is 3. The number of urea groups is 1. The highest BCUT2D eigenvalue weighted by Crippen LogP contribution is 2.39. The topological polar surface area (TPSA) is 92.1 Å². The molecule has 0 aliphatic rings. The number of nitrogens with zero attached hydrogens (tertiary/aromatic N) is 2. The summed E-state index contributed by atoms with van der Waals surface area (Å²) in [5.74, 6) is 1.52. The van der Waals surface area contributed by atoms with E-state index in [1.807, 2.05) is 78.9 Å². The van der Waals surface area contributed by atoms with Gasteiger partial charge in [0.15, 0.2) is 5.76 Å². The van der Waals surface area contributed by atoms with Crippen molar-refractivity contribution in [3.63, 3.8) is 0 Å². The maximum atomic E-state index is 12.5. The first-order chi connectivity index (χ1) is 18.5. The zero-order valence-electron chi connectivity index (χ0n) is 21.2. The molecule has 0 aliphatic carbocycles. The average Bonchev–Trinajstić information content (AvgIpc) is 3.27. The Bertz CT molecular complexity index is 1550. The molecule has 7 nitrogen and oxygen atoms in total. The molecule has 5 rings (SSSR count). The Morgan fingerprint density at radius 1 is 0.921 bits per heavy atom. The number of fused-ring (bicyclic) bond motifs is 1. The van der Waals surface area contributed by atoms with E-state index < -0.39 is 0 Å². The van der Waals surface area contributed by atoms with Gasteiger partial charge in [-0.1, -0.05) is 86.1 Å². The summed E-state index contributed by atoms with van der Waals surface area (Å²) in [5.41, 5.74) is 5.07. The van der Waals surface area contributed by atoms with Crippen LogP contribution in [0.4, 0.5) is 22.0 Å². The molecule has 2 aromatic heterocycles. The lowest BCUT2D eigenvalue weighted by atomic mass is 10.0. The Morgan fingerprint density at radius 2 is 1.66 bits per heavy atom. The lowest BCUT2D eigenvalue weighted by Crippen LogP contribution is -2.20. The lowest BCUT2D eigenvalue weighted by molar-refractivity contribution is 0.262. The highest BCUT2D eigenvalue weighted by molar-refractivity contribution is 6.38. The summed E-state index contributed by atoms with van der Waals surface area (Å²) in [6.07, 6.45) is 2.21. The van der Waals surface area contributed by atoms with Crippen molar-refractivity contribution in [2.45, 2.75) is 26.2 Å². The maximum absolute atomic E-state index is 12.5. The summed E-state index contributed by atoms with van der Waals surface area (Å²) in [7, 11) is 0. The number of benzene rings is 3. The van der Waals surface area contributed by atoms with E-state index in [2.05, 4.69) is 39.8 Å². The first kappa shape index (κ1) is 25.3. The monoisotopic (exact) mass is 525 g/mol. The molecule has 3 aromatic carbocycles. The third kappa shape index (κ3) is 5.63. The number of amides is 2. The molecular weight excluding hydrogens is 498 g/mol. The van der Waals surface area contributed by atoms with Gasteiger partial charge in [0.1, 0.15) is 22.6 Å². The molecule has 0 radical (unpaired) electrons. The molecule has 3 N–H and O–H groups in total. The van der Waals surface area contributed by atoms with Crippen molar-refractivity contribution < 1.29 is 9.21 Å². The molecule has 0 bridgehead atoms. The van der Waals surface area contributed by atoms with Crippen LogP contribution in [0.5, 0.6) is 0 Å². The number of anilines is 3. The van der Waals surface area contributed by atoms with Crippen LogP contribution in [0.1, 0.15) is 30.9 Å². The molecule has 2 amide bonds. The average molecular weight is 526 g/mol. The Morgan fingerprint density at radius 3 is 2.42 bits per heavy atom. The van der Waals surface area contributed by atoms with Crippen LogP contribution in [-0.4, -0.2) is 22.5 Å². The quantitative estimate of drug-likeness (QED) is 0.191. The maximum Gasteiger partial charge on any atom is 0.323 e. The van der Waals surface area contributed by atoms with E-state index in [1.165, 1.54) is 6.33 Å². The summed E-state index contributed by atoms with van der Waals surface area (Å²) in [6.45, 7) is 4.84. The van der Waals surface area contributed by atoms with Crippen LogP contribution >= 0.6 is 11.6 Å². The zero-order valence-corrected chi connectivity index (χ0v) is 21.9. The fraction of sp³-hybridized carbons (Fsp3) is 0.167. The highest BCUT2D eigenvalue weighted by atomic mass is 35.5. The van der Waals surface area contributed by atoms with E-state index in [1.54, 1.807) is 0 Å². The van der Waals surface area contributed by atoms with Crippen molar-refractivity contribution in [1.82, 2.24) is 9.97 Å². The van der Waals surface area contributed by atoms with Crippen LogP contribution < -0.4 is 16.0 Å². The molecule has 0 spiro atoms. The van der Waals surface area contributed by atoms with E-state index in [9.17, 15) is 4.79 Å². The molecule has 192 valence electrons. The fourth-order valence-electron chi connectivity index (χ4n) is 4.29. The van der Waals surface area contributed by atoms with Crippen molar-refractivity contribution in [2.75, 3.05) is 22.5 Å². The summed E-state index contributed by atoms with van der Waals surface area (Å²) >= 11 is 6.67. The second-order valence-corrected chi connectivity index (χ2v) is 9.59. The summed E-state index contributed by atoms with van der Waals surface area (Å²) < 4.78 is 5.93. The van der Waals surface area contributed by atoms with Crippen molar-refractivity contribution in [3.8, 4) is 11.3 Å². The van der Waals surface area contributed by atoms with Gasteiger partial charge >= 0.3 is 6.03 Å². The zero-order chi connectivity index (χ0) is 26.5. The normalized spacial score (nSPS) is 11.1. The minimum absolute atomic E-state index is 0.271. The second-order valence-electron chi connectivity index (χ2n) is 9.21. The minimum Gasteiger partial charge on any atom is -0.436 e. The molecule has 0 atom stereocenters. The Labute approximate surface area is 226 Å². The third-order valence-corrected chi connectivity index (χ3v) is 6.58. The SMILES string of the molecule is CC(C)c1ccccc1NC(=O)Nc1ccc(CCNc2ncnc3oc(-c4ccccc4)c(Cl)c23)cc1. The van der Waals surface area contributed by atoms with Crippen LogP contribution in [0.3, 0.4) is 0 Å². The summed E-state index contributed by atoms with van der Waals surface area (Å²) in [6, 6.07) is 25.0. The smallest absolute Gasteiger partial charge is 0.323 e. The number of hydrogen-bond donors (Lipinski definition) is 3. The van der Waals surface area contributed by atoms with E-state index in [0.717, 1.165) is 34.5 Å². The van der Waals surface area contributed by atoms with Crippen LogP contribution in [0.25, 0.3) is 22.4 Å². The van der Waals surface area contributed by atoms with Gasteiger partial charge in [0, 0.05) is 23.5 Å². The van der Waals surface area contributed by atoms with Crippen LogP contribution in [0, 0.1) is 0 Å². The van der Waals surface area contributed by atoms with Gasteiger partial charge in [0.2, 0.25) is 5.71 Å². The van der Waals surface area contributed by atoms with E-state index in [4.69, 9.17) is 16.0 Å². The number of rotatable bonds is 8. The third-order valence-electron chi connectivity index (χ3n) is 6.21. The minimum atomic E-state index is -0.271. The summed E-state index contributed by atoms with van der Waals surface area (Å²) in [5, 5.41) is 10.4. The Balaban J connectivity index is 1.19. The Kier molecular flexibility index (Phi) is 7.56. The largest absolute Gasteiger partial charge is 0.436 e. The van der Waals surface area contributed by atoms with Gasteiger partial charge in [-0.2, -0.15) is 0 Å². The van der Waals surface area contributed by atoms with Gasteiger partial charge < -0.3 is 20.4 Å². The molecule has 8 heteroatoms. The van der Waals surface area contributed by atoms with Crippen molar-refractivity contribution >= 4 is 45.9 Å².